The van der Waals surface area contributed by atoms with Gasteiger partial charge in [0.15, 0.2) is 0 Å². The van der Waals surface area contributed by atoms with Gasteiger partial charge in [-0.3, -0.25) is 4.90 Å². The molecule has 0 radical (unpaired) electrons. The van der Waals surface area contributed by atoms with Crippen LogP contribution in [0.4, 0.5) is 4.79 Å². The van der Waals surface area contributed by atoms with E-state index in [-0.39, 0.29) is 6.03 Å². The van der Waals surface area contributed by atoms with Crippen molar-refractivity contribution < 1.29 is 14.3 Å². The number of amides is 2. The fourth-order valence-corrected chi connectivity index (χ4v) is 2.42. The summed E-state index contributed by atoms with van der Waals surface area (Å²) in [4.78, 5) is 14.0. The molecule has 1 heterocycles. The Hall–Kier alpha value is -1.79. The Morgan fingerprint density at radius 2 is 1.96 bits per heavy atom. The number of urea groups is 1. The first-order chi connectivity index (χ1) is 11.2. The minimum absolute atomic E-state index is 0.150. The normalized spacial score (nSPS) is 15.2. The molecule has 0 bridgehead atoms. The first-order valence-corrected chi connectivity index (χ1v) is 8.17. The van der Waals surface area contributed by atoms with Crippen LogP contribution in [0.5, 0.6) is 5.75 Å². The number of carbonyl (C=O) groups is 1. The first kappa shape index (κ1) is 17.6. The molecule has 0 aromatic heterocycles. The summed E-state index contributed by atoms with van der Waals surface area (Å²) in [6.07, 6.45) is 0. The lowest BCUT2D eigenvalue weighted by Gasteiger charge is -2.26. The van der Waals surface area contributed by atoms with Crippen molar-refractivity contribution in [3.8, 4) is 5.75 Å². The highest BCUT2D eigenvalue weighted by molar-refractivity contribution is 5.73. The van der Waals surface area contributed by atoms with Crippen LogP contribution < -0.4 is 15.4 Å². The molecule has 1 aliphatic rings. The predicted molar refractivity (Wildman–Crippen MR) is 90.1 cm³/mol. The van der Waals surface area contributed by atoms with E-state index in [9.17, 15) is 4.79 Å². The van der Waals surface area contributed by atoms with Crippen LogP contribution in [-0.2, 0) is 4.74 Å². The molecule has 128 valence electrons. The number of hydrogen-bond acceptors (Lipinski definition) is 4. The largest absolute Gasteiger partial charge is 0.491 e. The topological polar surface area (TPSA) is 62.8 Å². The van der Waals surface area contributed by atoms with Crippen molar-refractivity contribution in [1.29, 1.82) is 0 Å². The summed E-state index contributed by atoms with van der Waals surface area (Å²) in [5.74, 6) is 0.875. The Bertz CT molecular complexity index is 502. The van der Waals surface area contributed by atoms with Crippen molar-refractivity contribution in [2.24, 2.45) is 0 Å². The van der Waals surface area contributed by atoms with Gasteiger partial charge in [0.05, 0.1) is 19.8 Å². The maximum absolute atomic E-state index is 11.7. The van der Waals surface area contributed by atoms with E-state index in [1.54, 1.807) is 0 Å². The van der Waals surface area contributed by atoms with Crippen LogP contribution in [0.2, 0.25) is 0 Å². The van der Waals surface area contributed by atoms with Gasteiger partial charge in [-0.25, -0.2) is 4.79 Å². The molecule has 1 aromatic rings. The molecule has 0 spiro atoms. The number of rotatable bonds is 7. The zero-order chi connectivity index (χ0) is 16.5. The molecule has 0 unspecified atom stereocenters. The lowest BCUT2D eigenvalue weighted by Crippen LogP contribution is -2.44. The van der Waals surface area contributed by atoms with E-state index >= 15 is 0 Å². The van der Waals surface area contributed by atoms with E-state index in [0.717, 1.165) is 44.2 Å². The molecule has 23 heavy (non-hydrogen) atoms. The van der Waals surface area contributed by atoms with Gasteiger partial charge in [0, 0.05) is 26.2 Å². The average molecular weight is 321 g/mol. The molecule has 6 nitrogen and oxygen atoms in total. The molecule has 1 aliphatic heterocycles. The van der Waals surface area contributed by atoms with Crippen LogP contribution >= 0.6 is 0 Å². The zero-order valence-corrected chi connectivity index (χ0v) is 14.1. The maximum Gasteiger partial charge on any atom is 0.314 e. The van der Waals surface area contributed by atoms with Gasteiger partial charge in [-0.05, 0) is 31.0 Å². The van der Waals surface area contributed by atoms with Gasteiger partial charge in [-0.15, -0.1) is 0 Å². The smallest absolute Gasteiger partial charge is 0.314 e. The Labute approximate surface area is 138 Å². The highest BCUT2D eigenvalue weighted by Crippen LogP contribution is 2.20. The summed E-state index contributed by atoms with van der Waals surface area (Å²) >= 11 is 0. The van der Waals surface area contributed by atoms with E-state index in [1.165, 1.54) is 5.56 Å². The minimum Gasteiger partial charge on any atom is -0.491 e. The number of carbonyl (C=O) groups excluding carboxylic acids is 1. The number of hydrogen-bond donors (Lipinski definition) is 2. The lowest BCUT2D eigenvalue weighted by molar-refractivity contribution is 0.0387. The third-order valence-electron chi connectivity index (χ3n) is 4.02. The summed E-state index contributed by atoms with van der Waals surface area (Å²) in [6.45, 7) is 9.97. The Kier molecular flexibility index (Phi) is 7.16. The molecule has 0 saturated carbocycles. The van der Waals surface area contributed by atoms with E-state index in [2.05, 4.69) is 28.5 Å². The number of morpholine rings is 1. The zero-order valence-electron chi connectivity index (χ0n) is 14.1. The van der Waals surface area contributed by atoms with Crippen molar-refractivity contribution in [2.75, 3.05) is 52.5 Å². The van der Waals surface area contributed by atoms with Gasteiger partial charge in [0.25, 0.3) is 0 Å². The molecule has 2 amide bonds. The van der Waals surface area contributed by atoms with E-state index in [1.807, 2.05) is 19.1 Å². The predicted octanol–water partition coefficient (Wildman–Crippen LogP) is 1.31. The Morgan fingerprint density at radius 3 is 2.74 bits per heavy atom. The molecule has 0 atom stereocenters. The Morgan fingerprint density at radius 1 is 1.22 bits per heavy atom. The van der Waals surface area contributed by atoms with Crippen LogP contribution in [0.3, 0.4) is 0 Å². The molecule has 2 rings (SSSR count). The second-order valence-corrected chi connectivity index (χ2v) is 5.68. The summed E-state index contributed by atoms with van der Waals surface area (Å²) in [7, 11) is 0. The number of benzene rings is 1. The molecule has 0 aliphatic carbocycles. The fourth-order valence-electron chi connectivity index (χ4n) is 2.42. The molecular formula is C17H27N3O3. The molecule has 6 heteroatoms. The van der Waals surface area contributed by atoms with Gasteiger partial charge >= 0.3 is 6.03 Å². The van der Waals surface area contributed by atoms with Crippen molar-refractivity contribution in [1.82, 2.24) is 15.5 Å². The lowest BCUT2D eigenvalue weighted by atomic mass is 10.1. The monoisotopic (exact) mass is 321 g/mol. The highest BCUT2D eigenvalue weighted by Gasteiger charge is 2.10. The van der Waals surface area contributed by atoms with Gasteiger partial charge < -0.3 is 20.1 Å². The van der Waals surface area contributed by atoms with Crippen LogP contribution in [0.15, 0.2) is 18.2 Å². The third kappa shape index (κ3) is 6.08. The van der Waals surface area contributed by atoms with Gasteiger partial charge in [-0.2, -0.15) is 0 Å². The van der Waals surface area contributed by atoms with Crippen LogP contribution in [0, 0.1) is 13.8 Å². The number of nitrogens with one attached hydrogen (secondary N) is 2. The van der Waals surface area contributed by atoms with Crippen LogP contribution in [-0.4, -0.2) is 63.5 Å². The first-order valence-electron chi connectivity index (χ1n) is 8.17. The SMILES string of the molecule is Cc1cccc(OCCNC(=O)NCCN2CCOCC2)c1C. The minimum atomic E-state index is -0.150. The number of ether oxygens (including phenoxy) is 2. The van der Waals surface area contributed by atoms with E-state index in [4.69, 9.17) is 9.47 Å². The highest BCUT2D eigenvalue weighted by atomic mass is 16.5. The van der Waals surface area contributed by atoms with Crippen LogP contribution in [0.1, 0.15) is 11.1 Å². The molecule has 2 N–H and O–H groups in total. The molecule has 1 saturated heterocycles. The third-order valence-corrected chi connectivity index (χ3v) is 4.02. The molecular weight excluding hydrogens is 294 g/mol. The quantitative estimate of drug-likeness (QED) is 0.744. The van der Waals surface area contributed by atoms with Crippen molar-refractivity contribution in [3.63, 3.8) is 0 Å². The van der Waals surface area contributed by atoms with Gasteiger partial charge in [0.2, 0.25) is 0 Å². The second-order valence-electron chi connectivity index (χ2n) is 5.68. The molecule has 1 fully saturated rings. The van der Waals surface area contributed by atoms with Gasteiger partial charge in [0.1, 0.15) is 12.4 Å². The summed E-state index contributed by atoms with van der Waals surface area (Å²) in [6, 6.07) is 5.83. The number of nitrogens with zero attached hydrogens (tertiary/aromatic N) is 1. The summed E-state index contributed by atoms with van der Waals surface area (Å²) in [5.41, 5.74) is 2.35. The van der Waals surface area contributed by atoms with Gasteiger partial charge in [-0.1, -0.05) is 12.1 Å². The van der Waals surface area contributed by atoms with Crippen molar-refractivity contribution >= 4 is 6.03 Å². The Balaban J connectivity index is 1.55. The second kappa shape index (κ2) is 9.37. The van der Waals surface area contributed by atoms with Crippen molar-refractivity contribution in [2.45, 2.75) is 13.8 Å². The number of aryl methyl sites for hydroxylation is 1. The summed E-state index contributed by atoms with van der Waals surface area (Å²) in [5, 5.41) is 5.67. The summed E-state index contributed by atoms with van der Waals surface area (Å²) < 4.78 is 11.0. The van der Waals surface area contributed by atoms with Crippen molar-refractivity contribution in [3.05, 3.63) is 29.3 Å². The standard InChI is InChI=1S/C17H27N3O3/c1-14-4-3-5-16(15(14)2)23-11-7-19-17(21)18-6-8-20-9-12-22-13-10-20/h3-5H,6-13H2,1-2H3,(H2,18,19,21). The average Bonchev–Trinajstić information content (AvgIpc) is 2.56. The van der Waals surface area contributed by atoms with Crippen LogP contribution in [0.25, 0.3) is 0 Å². The maximum atomic E-state index is 11.7. The van der Waals surface area contributed by atoms with E-state index in [0.29, 0.717) is 19.7 Å². The molecule has 1 aromatic carbocycles. The fraction of sp³-hybridized carbons (Fsp3) is 0.588. The van der Waals surface area contributed by atoms with E-state index < -0.39 is 0 Å².